The number of carbonyl (C=O) groups is 1. The van der Waals surface area contributed by atoms with Gasteiger partial charge in [0.25, 0.3) is 10.0 Å². The number of H-pyrrole nitrogens is 1. The highest BCUT2D eigenvalue weighted by molar-refractivity contribution is 7.92. The molecule has 19 heavy (non-hydrogen) atoms. The van der Waals surface area contributed by atoms with Gasteiger partial charge in [0, 0.05) is 19.4 Å². The van der Waals surface area contributed by atoms with E-state index in [2.05, 4.69) is 15.2 Å². The monoisotopic (exact) mass is 282 g/mol. The second-order valence-electron chi connectivity index (χ2n) is 3.60. The summed E-state index contributed by atoms with van der Waals surface area (Å²) >= 11 is 0. The molecule has 9 heteroatoms. The summed E-state index contributed by atoms with van der Waals surface area (Å²) in [5.41, 5.74) is -0.0400. The number of aromatic carboxylic acids is 1. The molecule has 0 aromatic carbocycles. The van der Waals surface area contributed by atoms with Crippen molar-refractivity contribution in [3.8, 4) is 0 Å². The molecule has 0 saturated heterocycles. The maximum absolute atomic E-state index is 12.3. The molecule has 0 saturated carbocycles. The third-order valence-electron chi connectivity index (χ3n) is 2.48. The topological polar surface area (TPSA) is 116 Å². The molecule has 0 bridgehead atoms. The summed E-state index contributed by atoms with van der Waals surface area (Å²) in [6, 6.07) is 2.99. The molecule has 0 amide bonds. The SMILES string of the molecule is CN(c1ccncc1)S(=O)(=O)c1[nH]ncc1C(=O)O. The Morgan fingerprint density at radius 1 is 1.37 bits per heavy atom. The van der Waals surface area contributed by atoms with Crippen LogP contribution in [0, 0.1) is 0 Å². The highest BCUT2D eigenvalue weighted by Crippen LogP contribution is 2.21. The fourth-order valence-electron chi connectivity index (χ4n) is 1.45. The highest BCUT2D eigenvalue weighted by Gasteiger charge is 2.29. The van der Waals surface area contributed by atoms with Gasteiger partial charge in [-0.15, -0.1) is 0 Å². The summed E-state index contributed by atoms with van der Waals surface area (Å²) in [5.74, 6) is -1.37. The number of carboxylic acids is 1. The van der Waals surface area contributed by atoms with E-state index in [9.17, 15) is 13.2 Å². The number of aromatic nitrogens is 3. The van der Waals surface area contributed by atoms with Crippen LogP contribution in [0.3, 0.4) is 0 Å². The van der Waals surface area contributed by atoms with Crippen LogP contribution in [0.15, 0.2) is 35.7 Å². The molecule has 0 spiro atoms. The van der Waals surface area contributed by atoms with E-state index in [1.165, 1.54) is 31.6 Å². The van der Waals surface area contributed by atoms with Crippen LogP contribution >= 0.6 is 0 Å². The summed E-state index contributed by atoms with van der Waals surface area (Å²) < 4.78 is 25.5. The van der Waals surface area contributed by atoms with Gasteiger partial charge in [0.2, 0.25) is 0 Å². The molecule has 2 aromatic rings. The van der Waals surface area contributed by atoms with Crippen molar-refractivity contribution >= 4 is 21.7 Å². The molecule has 0 radical (unpaired) electrons. The molecule has 0 fully saturated rings. The Kier molecular flexibility index (Phi) is 3.21. The molecule has 0 aliphatic carbocycles. The normalized spacial score (nSPS) is 11.2. The van der Waals surface area contributed by atoms with Crippen molar-refractivity contribution in [1.29, 1.82) is 0 Å². The molecular formula is C10H10N4O4S. The van der Waals surface area contributed by atoms with Crippen LogP contribution in [0.5, 0.6) is 0 Å². The lowest BCUT2D eigenvalue weighted by molar-refractivity contribution is 0.0692. The third-order valence-corrected chi connectivity index (χ3v) is 4.24. The smallest absolute Gasteiger partial charge is 0.340 e. The molecule has 2 heterocycles. The van der Waals surface area contributed by atoms with Crippen molar-refractivity contribution in [2.75, 3.05) is 11.4 Å². The third kappa shape index (κ3) is 2.27. The van der Waals surface area contributed by atoms with Gasteiger partial charge in [0.15, 0.2) is 5.03 Å². The van der Waals surface area contributed by atoms with Crippen LogP contribution in [-0.4, -0.2) is 41.7 Å². The minimum atomic E-state index is -4.02. The number of nitrogens with one attached hydrogen (secondary N) is 1. The van der Waals surface area contributed by atoms with Crippen LogP contribution < -0.4 is 4.31 Å². The lowest BCUT2D eigenvalue weighted by atomic mass is 10.4. The van der Waals surface area contributed by atoms with Crippen molar-refractivity contribution in [2.24, 2.45) is 0 Å². The summed E-state index contributed by atoms with van der Waals surface area (Å²) in [6.07, 6.45) is 3.83. The minimum absolute atomic E-state index is 0.362. The van der Waals surface area contributed by atoms with Gasteiger partial charge in [-0.25, -0.2) is 4.79 Å². The lowest BCUT2D eigenvalue weighted by Crippen LogP contribution is -2.28. The van der Waals surface area contributed by atoms with E-state index in [1.807, 2.05) is 0 Å². The Labute approximate surface area is 108 Å². The Morgan fingerprint density at radius 2 is 2.00 bits per heavy atom. The van der Waals surface area contributed by atoms with Crippen LogP contribution in [0.2, 0.25) is 0 Å². The van der Waals surface area contributed by atoms with Crippen molar-refractivity contribution in [3.05, 3.63) is 36.3 Å². The van der Waals surface area contributed by atoms with E-state index in [-0.39, 0.29) is 0 Å². The zero-order valence-electron chi connectivity index (χ0n) is 9.81. The molecule has 0 aliphatic heterocycles. The van der Waals surface area contributed by atoms with E-state index in [1.54, 1.807) is 0 Å². The predicted molar refractivity (Wildman–Crippen MR) is 65.4 cm³/mol. The van der Waals surface area contributed by atoms with Crippen molar-refractivity contribution in [1.82, 2.24) is 15.2 Å². The first kappa shape index (κ1) is 13.0. The summed E-state index contributed by atoms with van der Waals surface area (Å²) in [5, 5.41) is 14.1. The molecule has 0 aliphatic rings. The minimum Gasteiger partial charge on any atom is -0.478 e. The number of aromatic amines is 1. The summed E-state index contributed by atoms with van der Waals surface area (Å²) in [7, 11) is -2.70. The zero-order valence-corrected chi connectivity index (χ0v) is 10.6. The van der Waals surface area contributed by atoms with Gasteiger partial charge >= 0.3 is 5.97 Å². The first-order valence-electron chi connectivity index (χ1n) is 5.10. The maximum Gasteiger partial charge on any atom is 0.340 e. The average molecular weight is 282 g/mol. The van der Waals surface area contributed by atoms with E-state index < -0.39 is 26.6 Å². The van der Waals surface area contributed by atoms with Gasteiger partial charge in [-0.3, -0.25) is 14.4 Å². The van der Waals surface area contributed by atoms with E-state index in [0.29, 0.717) is 5.69 Å². The first-order chi connectivity index (χ1) is 8.94. The number of anilines is 1. The largest absolute Gasteiger partial charge is 0.478 e. The lowest BCUT2D eigenvalue weighted by Gasteiger charge is -2.18. The number of pyridine rings is 1. The summed E-state index contributed by atoms with van der Waals surface area (Å²) in [6.45, 7) is 0. The molecular weight excluding hydrogens is 272 g/mol. The molecule has 2 N–H and O–H groups in total. The molecule has 8 nitrogen and oxygen atoms in total. The molecule has 2 aromatic heterocycles. The number of rotatable bonds is 4. The summed E-state index contributed by atoms with van der Waals surface area (Å²) in [4.78, 5) is 14.7. The Balaban J connectivity index is 2.49. The van der Waals surface area contributed by atoms with Gasteiger partial charge in [0.1, 0.15) is 5.56 Å². The fourth-order valence-corrected chi connectivity index (χ4v) is 2.71. The number of hydrogen-bond donors (Lipinski definition) is 2. The number of sulfonamides is 1. The van der Waals surface area contributed by atoms with Crippen LogP contribution in [0.25, 0.3) is 0 Å². The fraction of sp³-hybridized carbons (Fsp3) is 0.100. The van der Waals surface area contributed by atoms with Gasteiger partial charge in [0.05, 0.1) is 11.9 Å². The van der Waals surface area contributed by atoms with Gasteiger partial charge in [-0.05, 0) is 12.1 Å². The maximum atomic E-state index is 12.3. The Morgan fingerprint density at radius 3 is 2.58 bits per heavy atom. The van der Waals surface area contributed by atoms with Crippen LogP contribution in [0.1, 0.15) is 10.4 Å². The quantitative estimate of drug-likeness (QED) is 0.834. The Bertz CT molecular complexity index is 695. The molecule has 0 unspecified atom stereocenters. The second-order valence-corrected chi connectivity index (χ2v) is 5.50. The van der Waals surface area contributed by atoms with E-state index in [4.69, 9.17) is 5.11 Å². The Hall–Kier alpha value is -2.42. The van der Waals surface area contributed by atoms with Crippen LogP contribution in [0.4, 0.5) is 5.69 Å². The van der Waals surface area contributed by atoms with Crippen molar-refractivity contribution < 1.29 is 18.3 Å². The van der Waals surface area contributed by atoms with Crippen LogP contribution in [-0.2, 0) is 10.0 Å². The number of nitrogens with zero attached hydrogens (tertiary/aromatic N) is 3. The number of carboxylic acid groups (broad SMARTS) is 1. The second kappa shape index (κ2) is 4.69. The van der Waals surface area contributed by atoms with Gasteiger partial charge < -0.3 is 5.11 Å². The molecule has 100 valence electrons. The van der Waals surface area contributed by atoms with Crippen molar-refractivity contribution in [2.45, 2.75) is 5.03 Å². The van der Waals surface area contributed by atoms with Gasteiger partial charge in [-0.1, -0.05) is 0 Å². The predicted octanol–water partition coefficient (Wildman–Crippen LogP) is 0.328. The first-order valence-corrected chi connectivity index (χ1v) is 6.54. The highest BCUT2D eigenvalue weighted by atomic mass is 32.2. The zero-order chi connectivity index (χ0) is 14.0. The molecule has 2 rings (SSSR count). The van der Waals surface area contributed by atoms with E-state index in [0.717, 1.165) is 10.5 Å². The van der Waals surface area contributed by atoms with E-state index >= 15 is 0 Å². The van der Waals surface area contributed by atoms with Gasteiger partial charge in [-0.2, -0.15) is 13.5 Å². The van der Waals surface area contributed by atoms with Crippen molar-refractivity contribution in [3.63, 3.8) is 0 Å². The molecule has 0 atom stereocenters. The number of hydrogen-bond acceptors (Lipinski definition) is 5. The average Bonchev–Trinajstić information content (AvgIpc) is 2.89. The standard InChI is InChI=1S/C10H10N4O4S/c1-14(7-2-4-11-5-3-7)19(17,18)9-8(10(15)16)6-12-13-9/h2-6H,1H3,(H,12,13)(H,15,16).